The van der Waals surface area contributed by atoms with Crippen molar-refractivity contribution in [3.05, 3.63) is 60.9 Å². The van der Waals surface area contributed by atoms with Crippen LogP contribution < -0.4 is 0 Å². The lowest BCUT2D eigenvalue weighted by molar-refractivity contribution is 0.189. The van der Waals surface area contributed by atoms with Crippen molar-refractivity contribution in [2.24, 2.45) is 0 Å². The van der Waals surface area contributed by atoms with Gasteiger partial charge in [0.2, 0.25) is 0 Å². The summed E-state index contributed by atoms with van der Waals surface area (Å²) in [5, 5.41) is 0. The summed E-state index contributed by atoms with van der Waals surface area (Å²) in [6, 6.07) is 10.1. The van der Waals surface area contributed by atoms with Crippen molar-refractivity contribution in [2.45, 2.75) is 25.9 Å². The molecule has 0 spiro atoms. The molecule has 1 rings (SSSR count). The lowest BCUT2D eigenvalue weighted by atomic mass is 10.2. The van der Waals surface area contributed by atoms with Crippen LogP contribution in [0.2, 0.25) is 0 Å². The summed E-state index contributed by atoms with van der Waals surface area (Å²) in [7, 11) is 0. The van der Waals surface area contributed by atoms with E-state index in [-0.39, 0.29) is 0 Å². The summed E-state index contributed by atoms with van der Waals surface area (Å²) >= 11 is 0. The van der Waals surface area contributed by atoms with Gasteiger partial charge in [-0.05, 0) is 18.4 Å². The van der Waals surface area contributed by atoms with Crippen molar-refractivity contribution in [3.8, 4) is 0 Å². The number of allylic oxidation sites excluding steroid dienone is 2. The molecule has 0 atom stereocenters. The van der Waals surface area contributed by atoms with Gasteiger partial charge in [0.1, 0.15) is 6.61 Å². The van der Waals surface area contributed by atoms with E-state index >= 15 is 0 Å². The van der Waals surface area contributed by atoms with Crippen LogP contribution in [0.1, 0.15) is 24.8 Å². The topological polar surface area (TPSA) is 9.23 Å². The summed E-state index contributed by atoms with van der Waals surface area (Å²) in [6.45, 7) is 8.18. The van der Waals surface area contributed by atoms with Crippen LogP contribution in [0, 0.1) is 0 Å². The van der Waals surface area contributed by atoms with Gasteiger partial charge in [-0.3, -0.25) is 0 Å². The lowest BCUT2D eigenvalue weighted by Gasteiger charge is -2.08. The molecule has 0 aliphatic rings. The number of rotatable bonds is 7. The maximum Gasteiger partial charge on any atom is 0.113 e. The number of unbranched alkanes of at least 4 members (excludes halogenated alkanes) is 1. The molecule has 0 aliphatic heterocycles. The van der Waals surface area contributed by atoms with Crippen LogP contribution in [0.4, 0.5) is 0 Å². The summed E-state index contributed by atoms with van der Waals surface area (Å²) in [5.41, 5.74) is 1.18. The van der Waals surface area contributed by atoms with Crippen LogP contribution in [-0.4, -0.2) is 0 Å². The Morgan fingerprint density at radius 1 is 1.27 bits per heavy atom. The van der Waals surface area contributed by atoms with E-state index in [0.717, 1.165) is 25.0 Å². The average molecular weight is 202 g/mol. The molecule has 0 fully saturated rings. The molecule has 1 heteroatoms. The van der Waals surface area contributed by atoms with Gasteiger partial charge in [-0.2, -0.15) is 0 Å². The second kappa shape index (κ2) is 6.88. The van der Waals surface area contributed by atoms with Crippen molar-refractivity contribution >= 4 is 0 Å². The maximum absolute atomic E-state index is 5.55. The first-order chi connectivity index (χ1) is 7.33. The molecule has 1 aromatic rings. The number of hydrogen-bond donors (Lipinski definition) is 0. The Hall–Kier alpha value is -1.50. The molecular weight excluding hydrogens is 184 g/mol. The van der Waals surface area contributed by atoms with Crippen LogP contribution >= 0.6 is 0 Å². The zero-order chi connectivity index (χ0) is 10.9. The minimum atomic E-state index is 0.619. The highest BCUT2D eigenvalue weighted by Crippen LogP contribution is 2.10. The third kappa shape index (κ3) is 5.06. The van der Waals surface area contributed by atoms with Gasteiger partial charge in [0, 0.05) is 6.42 Å². The molecule has 0 N–H and O–H groups in total. The van der Waals surface area contributed by atoms with Crippen LogP contribution in [0.15, 0.2) is 55.3 Å². The van der Waals surface area contributed by atoms with E-state index in [0.29, 0.717) is 6.61 Å². The molecule has 0 heterocycles. The van der Waals surface area contributed by atoms with Crippen molar-refractivity contribution in [3.63, 3.8) is 0 Å². The van der Waals surface area contributed by atoms with E-state index in [4.69, 9.17) is 4.74 Å². The second-order valence-electron chi connectivity index (χ2n) is 3.49. The second-order valence-corrected chi connectivity index (χ2v) is 3.49. The predicted octanol–water partition coefficient (Wildman–Crippen LogP) is 4.07. The Morgan fingerprint density at radius 2 is 2.00 bits per heavy atom. The first-order valence-corrected chi connectivity index (χ1v) is 5.28. The summed E-state index contributed by atoms with van der Waals surface area (Å²) in [6.07, 6.45) is 4.92. The monoisotopic (exact) mass is 202 g/mol. The minimum Gasteiger partial charge on any atom is -0.494 e. The van der Waals surface area contributed by atoms with Gasteiger partial charge < -0.3 is 4.74 Å². The molecule has 1 aromatic carbocycles. The van der Waals surface area contributed by atoms with Gasteiger partial charge in [-0.15, -0.1) is 6.58 Å². The van der Waals surface area contributed by atoms with Crippen molar-refractivity contribution in [1.29, 1.82) is 0 Å². The van der Waals surface area contributed by atoms with Crippen LogP contribution in [0.25, 0.3) is 0 Å². The molecule has 15 heavy (non-hydrogen) atoms. The van der Waals surface area contributed by atoms with Gasteiger partial charge >= 0.3 is 0 Å². The van der Waals surface area contributed by atoms with Gasteiger partial charge in [0.05, 0.1) is 5.76 Å². The SMILES string of the molecule is C=CCCCC(=C)OCc1ccccc1. The van der Waals surface area contributed by atoms with Crippen LogP contribution in [0.3, 0.4) is 0 Å². The van der Waals surface area contributed by atoms with E-state index in [1.165, 1.54) is 5.56 Å². The minimum absolute atomic E-state index is 0.619. The Bertz CT molecular complexity index is 300. The van der Waals surface area contributed by atoms with Crippen molar-refractivity contribution in [1.82, 2.24) is 0 Å². The normalized spacial score (nSPS) is 9.60. The molecule has 0 bridgehead atoms. The van der Waals surface area contributed by atoms with Gasteiger partial charge in [0.15, 0.2) is 0 Å². The summed E-state index contributed by atoms with van der Waals surface area (Å²) in [4.78, 5) is 0. The Morgan fingerprint density at radius 3 is 2.67 bits per heavy atom. The smallest absolute Gasteiger partial charge is 0.113 e. The molecule has 0 aromatic heterocycles. The van der Waals surface area contributed by atoms with Gasteiger partial charge in [-0.1, -0.05) is 43.0 Å². The summed E-state index contributed by atoms with van der Waals surface area (Å²) < 4.78 is 5.55. The van der Waals surface area contributed by atoms with E-state index in [1.807, 2.05) is 24.3 Å². The third-order valence-electron chi connectivity index (χ3n) is 2.15. The fraction of sp³-hybridized carbons (Fsp3) is 0.286. The molecule has 0 aliphatic carbocycles. The van der Waals surface area contributed by atoms with Gasteiger partial charge in [0.25, 0.3) is 0 Å². The van der Waals surface area contributed by atoms with E-state index in [1.54, 1.807) is 0 Å². The van der Waals surface area contributed by atoms with E-state index in [2.05, 4.69) is 25.3 Å². The molecule has 0 radical (unpaired) electrons. The molecule has 0 saturated carbocycles. The Kier molecular flexibility index (Phi) is 5.31. The highest BCUT2D eigenvalue weighted by atomic mass is 16.5. The molecule has 1 nitrogen and oxygen atoms in total. The molecule has 0 saturated heterocycles. The number of ether oxygens (including phenoxy) is 1. The van der Waals surface area contributed by atoms with Crippen molar-refractivity contribution < 1.29 is 4.74 Å². The van der Waals surface area contributed by atoms with E-state index in [9.17, 15) is 0 Å². The zero-order valence-electron chi connectivity index (χ0n) is 9.11. The fourth-order valence-corrected chi connectivity index (χ4v) is 1.28. The number of hydrogen-bond acceptors (Lipinski definition) is 1. The third-order valence-corrected chi connectivity index (χ3v) is 2.15. The maximum atomic E-state index is 5.55. The Labute approximate surface area is 92.1 Å². The number of benzene rings is 1. The van der Waals surface area contributed by atoms with E-state index < -0.39 is 0 Å². The molecule has 0 amide bonds. The first kappa shape index (κ1) is 11.6. The Balaban J connectivity index is 2.20. The lowest BCUT2D eigenvalue weighted by Crippen LogP contribution is -1.92. The zero-order valence-corrected chi connectivity index (χ0v) is 9.11. The summed E-state index contributed by atoms with van der Waals surface area (Å²) in [5.74, 6) is 0.862. The standard InChI is InChI=1S/C14H18O/c1-3-4-6-9-13(2)15-12-14-10-7-5-8-11-14/h3,5,7-8,10-11H,1-2,4,6,9,12H2. The quantitative estimate of drug-likeness (QED) is 0.368. The highest BCUT2D eigenvalue weighted by molar-refractivity contribution is 5.13. The van der Waals surface area contributed by atoms with Crippen LogP contribution in [-0.2, 0) is 11.3 Å². The average Bonchev–Trinajstić information content (AvgIpc) is 2.28. The van der Waals surface area contributed by atoms with Crippen LogP contribution in [0.5, 0.6) is 0 Å². The first-order valence-electron chi connectivity index (χ1n) is 5.28. The van der Waals surface area contributed by atoms with Gasteiger partial charge in [-0.25, -0.2) is 0 Å². The molecule has 80 valence electrons. The molecular formula is C14H18O. The molecule has 0 unspecified atom stereocenters. The van der Waals surface area contributed by atoms with Crippen molar-refractivity contribution in [2.75, 3.05) is 0 Å². The largest absolute Gasteiger partial charge is 0.494 e. The fourth-order valence-electron chi connectivity index (χ4n) is 1.28. The predicted molar refractivity (Wildman–Crippen MR) is 64.4 cm³/mol. The highest BCUT2D eigenvalue weighted by Gasteiger charge is 1.96.